The van der Waals surface area contributed by atoms with E-state index in [2.05, 4.69) is 46.0 Å². The first-order chi connectivity index (χ1) is 16.5. The lowest BCUT2D eigenvalue weighted by atomic mass is 9.93. The number of carbonyl (C=O) groups is 2. The monoisotopic (exact) mass is 477 g/mol. The van der Waals surface area contributed by atoms with Crippen LogP contribution < -0.4 is 4.90 Å². The number of anilines is 1. The van der Waals surface area contributed by atoms with Gasteiger partial charge < -0.3 is 14.6 Å². The summed E-state index contributed by atoms with van der Waals surface area (Å²) in [6.07, 6.45) is 0.605. The third kappa shape index (κ3) is 4.59. The zero-order chi connectivity index (χ0) is 23.7. The summed E-state index contributed by atoms with van der Waals surface area (Å²) in [7, 11) is 0. The molecule has 0 amide bonds. The van der Waals surface area contributed by atoms with E-state index in [1.54, 1.807) is 11.8 Å². The van der Waals surface area contributed by atoms with Crippen LogP contribution in [-0.4, -0.2) is 66.7 Å². The molecule has 7 heteroatoms. The van der Waals surface area contributed by atoms with Gasteiger partial charge in [0.25, 0.3) is 0 Å². The first kappa shape index (κ1) is 23.0. The fraction of sp³-hybridized carbons (Fsp3) is 0.407. The molecule has 1 aromatic heterocycles. The fourth-order valence-electron chi connectivity index (χ4n) is 4.98. The molecule has 0 radical (unpaired) electrons. The van der Waals surface area contributed by atoms with Crippen LogP contribution in [0.2, 0.25) is 0 Å². The predicted octanol–water partition coefficient (Wildman–Crippen LogP) is 4.62. The van der Waals surface area contributed by atoms with Crippen LogP contribution in [0.4, 0.5) is 5.69 Å². The van der Waals surface area contributed by atoms with Crippen LogP contribution in [0.1, 0.15) is 40.9 Å². The fourth-order valence-corrected chi connectivity index (χ4v) is 6.22. The molecule has 2 aliphatic rings. The minimum absolute atomic E-state index is 0.0419. The van der Waals surface area contributed by atoms with Crippen molar-refractivity contribution in [2.75, 3.05) is 50.0 Å². The summed E-state index contributed by atoms with van der Waals surface area (Å²) in [4.78, 5) is 34.4. The summed E-state index contributed by atoms with van der Waals surface area (Å²) in [5.41, 5.74) is 5.02. The maximum atomic E-state index is 13.0. The number of esters is 1. The van der Waals surface area contributed by atoms with Crippen molar-refractivity contribution in [2.45, 2.75) is 31.1 Å². The molecule has 34 heavy (non-hydrogen) atoms. The third-order valence-electron chi connectivity index (χ3n) is 6.85. The second-order valence-corrected chi connectivity index (χ2v) is 10.2. The van der Waals surface area contributed by atoms with Gasteiger partial charge in [0.05, 0.1) is 23.7 Å². The van der Waals surface area contributed by atoms with E-state index in [1.807, 2.05) is 25.1 Å². The lowest BCUT2D eigenvalue weighted by Gasteiger charge is -2.36. The van der Waals surface area contributed by atoms with Gasteiger partial charge >= 0.3 is 5.97 Å². The molecule has 3 aromatic rings. The van der Waals surface area contributed by atoms with E-state index < -0.39 is 0 Å². The summed E-state index contributed by atoms with van der Waals surface area (Å²) >= 11 is 1.81. The van der Waals surface area contributed by atoms with Gasteiger partial charge in [0.15, 0.2) is 0 Å². The van der Waals surface area contributed by atoms with Gasteiger partial charge in [-0.15, -0.1) is 11.8 Å². The number of benzene rings is 2. The molecular weight excluding hydrogens is 446 g/mol. The number of rotatable bonds is 7. The topological polar surface area (TPSA) is 65.6 Å². The Morgan fingerprint density at radius 1 is 1.12 bits per heavy atom. The molecule has 1 atom stereocenters. The second-order valence-electron chi connectivity index (χ2n) is 9.09. The minimum Gasteiger partial charge on any atom is -0.461 e. The number of aromatic amines is 1. The standard InChI is InChI=1S/C27H31N3O3S/c1-3-33-27(32)22-16-19-5-4-6-23(26(19)28-22)30-13-11-29(12-14-30)10-9-24(31)21-17-34-25-8-7-18(2)15-20(21)25/h4-8,15-16,21,28H,3,9-14,17H2,1-2H3. The first-order valence-electron chi connectivity index (χ1n) is 12.1. The number of carbonyl (C=O) groups excluding carboxylic acids is 2. The van der Waals surface area contributed by atoms with Crippen LogP contribution in [0.3, 0.4) is 0 Å². The Balaban J connectivity index is 1.18. The molecule has 0 aliphatic carbocycles. The number of hydrogen-bond acceptors (Lipinski definition) is 6. The number of hydrogen-bond donors (Lipinski definition) is 1. The zero-order valence-corrected chi connectivity index (χ0v) is 20.6. The number of aromatic nitrogens is 1. The van der Waals surface area contributed by atoms with Gasteiger partial charge in [0.2, 0.25) is 0 Å². The van der Waals surface area contributed by atoms with E-state index in [9.17, 15) is 9.59 Å². The van der Waals surface area contributed by atoms with Crippen LogP contribution in [0.5, 0.6) is 0 Å². The van der Waals surface area contributed by atoms with Crippen molar-refractivity contribution in [1.29, 1.82) is 0 Å². The van der Waals surface area contributed by atoms with E-state index in [0.29, 0.717) is 24.5 Å². The van der Waals surface area contributed by atoms with Crippen molar-refractivity contribution in [3.63, 3.8) is 0 Å². The van der Waals surface area contributed by atoms with Gasteiger partial charge in [-0.1, -0.05) is 29.8 Å². The lowest BCUT2D eigenvalue weighted by Crippen LogP contribution is -2.47. The maximum Gasteiger partial charge on any atom is 0.354 e. The molecule has 0 saturated carbocycles. The highest BCUT2D eigenvalue weighted by atomic mass is 32.2. The molecule has 5 rings (SSSR count). The number of para-hydroxylation sites is 1. The van der Waals surface area contributed by atoms with Gasteiger partial charge in [-0.25, -0.2) is 4.79 Å². The number of fused-ring (bicyclic) bond motifs is 2. The molecule has 1 N–H and O–H groups in total. The van der Waals surface area contributed by atoms with Crippen molar-refractivity contribution >= 4 is 40.1 Å². The van der Waals surface area contributed by atoms with Crippen LogP contribution in [0.25, 0.3) is 10.9 Å². The largest absolute Gasteiger partial charge is 0.461 e. The molecule has 3 heterocycles. The van der Waals surface area contributed by atoms with Crippen LogP contribution >= 0.6 is 11.8 Å². The smallest absolute Gasteiger partial charge is 0.354 e. The SMILES string of the molecule is CCOC(=O)c1cc2cccc(N3CCN(CCC(=O)C4CSc5ccc(C)cc54)CC3)c2[nH]1. The molecule has 178 valence electrons. The summed E-state index contributed by atoms with van der Waals surface area (Å²) < 4.78 is 5.15. The molecule has 1 unspecified atom stereocenters. The Hall–Kier alpha value is -2.77. The summed E-state index contributed by atoms with van der Waals surface area (Å²) in [5, 5.41) is 1.01. The highest BCUT2D eigenvalue weighted by Crippen LogP contribution is 2.41. The van der Waals surface area contributed by atoms with E-state index in [0.717, 1.165) is 55.1 Å². The van der Waals surface area contributed by atoms with Gasteiger partial charge in [-0.05, 0) is 37.6 Å². The van der Waals surface area contributed by atoms with E-state index >= 15 is 0 Å². The number of H-pyrrole nitrogens is 1. The second kappa shape index (κ2) is 9.84. The number of ether oxygens (including phenoxy) is 1. The molecule has 0 bridgehead atoms. The maximum absolute atomic E-state index is 13.0. The number of piperazine rings is 1. The van der Waals surface area contributed by atoms with Crippen molar-refractivity contribution in [1.82, 2.24) is 9.88 Å². The Morgan fingerprint density at radius 2 is 1.94 bits per heavy atom. The average Bonchev–Trinajstić information content (AvgIpc) is 3.47. The molecule has 2 aliphatic heterocycles. The van der Waals surface area contributed by atoms with Crippen LogP contribution in [-0.2, 0) is 9.53 Å². The number of ketones is 1. The van der Waals surface area contributed by atoms with Gasteiger partial charge in [0.1, 0.15) is 11.5 Å². The minimum atomic E-state index is -0.322. The van der Waals surface area contributed by atoms with E-state index in [4.69, 9.17) is 4.74 Å². The molecule has 0 spiro atoms. The van der Waals surface area contributed by atoms with Crippen molar-refractivity contribution in [2.24, 2.45) is 0 Å². The zero-order valence-electron chi connectivity index (χ0n) is 19.8. The summed E-state index contributed by atoms with van der Waals surface area (Å²) in [5.74, 6) is 0.957. The van der Waals surface area contributed by atoms with Gasteiger partial charge in [-0.3, -0.25) is 9.69 Å². The van der Waals surface area contributed by atoms with Crippen molar-refractivity contribution in [3.8, 4) is 0 Å². The van der Waals surface area contributed by atoms with E-state index in [-0.39, 0.29) is 11.9 Å². The Kier molecular flexibility index (Phi) is 6.66. The first-order valence-corrected chi connectivity index (χ1v) is 13.0. The van der Waals surface area contributed by atoms with Crippen molar-refractivity contribution in [3.05, 3.63) is 59.3 Å². The number of Topliss-reactive ketones (excluding diaryl/α,β-unsaturated/α-hetero) is 1. The van der Waals surface area contributed by atoms with Crippen molar-refractivity contribution < 1.29 is 14.3 Å². The lowest BCUT2D eigenvalue weighted by molar-refractivity contribution is -0.120. The number of aryl methyl sites for hydroxylation is 1. The number of nitrogens with one attached hydrogen (secondary N) is 1. The van der Waals surface area contributed by atoms with Crippen LogP contribution in [0, 0.1) is 6.92 Å². The molecular formula is C27H31N3O3S. The van der Waals surface area contributed by atoms with Gasteiger partial charge in [0, 0.05) is 55.2 Å². The predicted molar refractivity (Wildman–Crippen MR) is 137 cm³/mol. The number of nitrogens with zero attached hydrogens (tertiary/aromatic N) is 2. The molecule has 1 saturated heterocycles. The summed E-state index contributed by atoms with van der Waals surface area (Å²) in [6.45, 7) is 8.70. The third-order valence-corrected chi connectivity index (χ3v) is 8.03. The number of thioether (sulfide) groups is 1. The molecule has 2 aromatic carbocycles. The van der Waals surface area contributed by atoms with Crippen LogP contribution in [0.15, 0.2) is 47.4 Å². The Bertz CT molecular complexity index is 1210. The quantitative estimate of drug-likeness (QED) is 0.501. The Morgan fingerprint density at radius 3 is 2.74 bits per heavy atom. The molecule has 6 nitrogen and oxygen atoms in total. The average molecular weight is 478 g/mol. The van der Waals surface area contributed by atoms with E-state index in [1.165, 1.54) is 16.0 Å². The normalized spacial score (nSPS) is 18.3. The Labute approximate surface area is 204 Å². The highest BCUT2D eigenvalue weighted by molar-refractivity contribution is 7.99. The van der Waals surface area contributed by atoms with Gasteiger partial charge in [-0.2, -0.15) is 0 Å². The highest BCUT2D eigenvalue weighted by Gasteiger charge is 2.29. The summed E-state index contributed by atoms with van der Waals surface area (Å²) in [6, 6.07) is 14.5. The molecule has 1 fully saturated rings.